The van der Waals surface area contributed by atoms with Gasteiger partial charge in [-0.05, 0) is 43.9 Å². The van der Waals surface area contributed by atoms with Gasteiger partial charge in [-0.25, -0.2) is 0 Å². The molecule has 0 amide bonds. The number of rotatable bonds is 3. The summed E-state index contributed by atoms with van der Waals surface area (Å²) in [6.45, 7) is 0. The first-order chi connectivity index (χ1) is 8.66. The smallest absolute Gasteiger partial charge is 0.132 e. The number of benzene rings is 1. The van der Waals surface area contributed by atoms with Gasteiger partial charge in [0.2, 0.25) is 0 Å². The van der Waals surface area contributed by atoms with Crippen LogP contribution in [0.2, 0.25) is 5.02 Å². The number of ether oxygens (including phenoxy) is 1. The highest BCUT2D eigenvalue weighted by Crippen LogP contribution is 2.27. The van der Waals surface area contributed by atoms with Gasteiger partial charge in [0.05, 0.1) is 11.7 Å². The van der Waals surface area contributed by atoms with Gasteiger partial charge >= 0.3 is 0 Å². The third-order valence-corrected chi connectivity index (χ3v) is 3.56. The Balaban J connectivity index is 2.15. The van der Waals surface area contributed by atoms with Gasteiger partial charge in [-0.1, -0.05) is 24.4 Å². The molecule has 0 aliphatic heterocycles. The molecule has 1 saturated carbocycles. The minimum Gasteiger partial charge on any atom is -0.490 e. The second-order valence-corrected chi connectivity index (χ2v) is 5.22. The zero-order valence-electron chi connectivity index (χ0n) is 10.4. The molecule has 2 rings (SSSR count). The van der Waals surface area contributed by atoms with E-state index in [2.05, 4.69) is 0 Å². The SMILES string of the molecule is N=C(N)c1ccc(Cl)cc1OC1CCCCCC1. The molecule has 0 heterocycles. The summed E-state index contributed by atoms with van der Waals surface area (Å²) in [5.74, 6) is 0.664. The molecule has 1 fully saturated rings. The fourth-order valence-electron chi connectivity index (χ4n) is 2.36. The van der Waals surface area contributed by atoms with Gasteiger partial charge < -0.3 is 10.5 Å². The molecular formula is C14H19ClN2O. The van der Waals surface area contributed by atoms with Crippen molar-refractivity contribution < 1.29 is 4.74 Å². The van der Waals surface area contributed by atoms with E-state index in [-0.39, 0.29) is 11.9 Å². The van der Waals surface area contributed by atoms with Crippen molar-refractivity contribution in [2.75, 3.05) is 0 Å². The van der Waals surface area contributed by atoms with Crippen LogP contribution in [0.15, 0.2) is 18.2 Å². The quantitative estimate of drug-likeness (QED) is 0.498. The van der Waals surface area contributed by atoms with Crippen LogP contribution in [0.1, 0.15) is 44.1 Å². The Bertz CT molecular complexity index is 426. The molecule has 0 saturated heterocycles. The van der Waals surface area contributed by atoms with Gasteiger partial charge in [0, 0.05) is 5.02 Å². The first kappa shape index (κ1) is 13.2. The highest BCUT2D eigenvalue weighted by Gasteiger charge is 2.16. The van der Waals surface area contributed by atoms with Crippen LogP contribution in [0.5, 0.6) is 5.75 Å². The summed E-state index contributed by atoms with van der Waals surface area (Å²) in [4.78, 5) is 0. The minimum atomic E-state index is 0.0234. The topological polar surface area (TPSA) is 59.1 Å². The summed E-state index contributed by atoms with van der Waals surface area (Å²) in [6, 6.07) is 5.23. The van der Waals surface area contributed by atoms with E-state index in [0.29, 0.717) is 16.3 Å². The second kappa shape index (κ2) is 6.10. The summed E-state index contributed by atoms with van der Waals surface area (Å²) in [5, 5.41) is 8.18. The fourth-order valence-corrected chi connectivity index (χ4v) is 2.52. The third-order valence-electron chi connectivity index (χ3n) is 3.33. The van der Waals surface area contributed by atoms with Gasteiger partial charge in [-0.3, -0.25) is 5.41 Å². The average Bonchev–Trinajstić information content (AvgIpc) is 2.57. The largest absolute Gasteiger partial charge is 0.490 e. The number of nitrogens with one attached hydrogen (secondary N) is 1. The zero-order chi connectivity index (χ0) is 13.0. The number of nitrogen functional groups attached to an aromatic ring is 1. The number of nitrogens with two attached hydrogens (primary N) is 1. The zero-order valence-corrected chi connectivity index (χ0v) is 11.2. The standard InChI is InChI=1S/C14H19ClN2O/c15-10-7-8-12(14(16)17)13(9-10)18-11-5-3-1-2-4-6-11/h7-9,11H,1-6H2,(H3,16,17). The van der Waals surface area contributed by atoms with E-state index in [9.17, 15) is 0 Å². The Morgan fingerprint density at radius 3 is 2.50 bits per heavy atom. The summed E-state index contributed by atoms with van der Waals surface area (Å²) in [7, 11) is 0. The molecule has 0 radical (unpaired) electrons. The normalized spacial score (nSPS) is 17.2. The van der Waals surface area contributed by atoms with E-state index in [1.54, 1.807) is 18.2 Å². The van der Waals surface area contributed by atoms with Crippen LogP contribution in [0.4, 0.5) is 0 Å². The molecule has 98 valence electrons. The van der Waals surface area contributed by atoms with E-state index >= 15 is 0 Å². The Morgan fingerprint density at radius 1 is 1.22 bits per heavy atom. The van der Waals surface area contributed by atoms with Crippen molar-refractivity contribution in [3.05, 3.63) is 28.8 Å². The molecule has 1 aliphatic rings. The van der Waals surface area contributed by atoms with Crippen LogP contribution < -0.4 is 10.5 Å². The van der Waals surface area contributed by atoms with Crippen molar-refractivity contribution >= 4 is 17.4 Å². The fraction of sp³-hybridized carbons (Fsp3) is 0.500. The molecular weight excluding hydrogens is 248 g/mol. The molecule has 0 spiro atoms. The van der Waals surface area contributed by atoms with Crippen molar-refractivity contribution in [1.82, 2.24) is 0 Å². The molecule has 0 aromatic heterocycles. The lowest BCUT2D eigenvalue weighted by molar-refractivity contribution is 0.183. The Morgan fingerprint density at radius 2 is 1.89 bits per heavy atom. The van der Waals surface area contributed by atoms with E-state index in [0.717, 1.165) is 12.8 Å². The number of hydrogen-bond donors (Lipinski definition) is 2. The Hall–Kier alpha value is -1.22. The molecule has 0 unspecified atom stereocenters. The summed E-state index contributed by atoms with van der Waals surface area (Å²) >= 11 is 5.98. The van der Waals surface area contributed by atoms with Crippen molar-refractivity contribution in [3.63, 3.8) is 0 Å². The average molecular weight is 267 g/mol. The summed E-state index contributed by atoms with van der Waals surface area (Å²) < 4.78 is 6.00. The van der Waals surface area contributed by atoms with Crippen molar-refractivity contribution in [2.24, 2.45) is 5.73 Å². The summed E-state index contributed by atoms with van der Waals surface area (Å²) in [5.41, 5.74) is 6.19. The van der Waals surface area contributed by atoms with Gasteiger partial charge in [0.15, 0.2) is 0 Å². The van der Waals surface area contributed by atoms with E-state index < -0.39 is 0 Å². The lowest BCUT2D eigenvalue weighted by Crippen LogP contribution is -2.19. The van der Waals surface area contributed by atoms with Crippen LogP contribution in [-0.4, -0.2) is 11.9 Å². The molecule has 3 N–H and O–H groups in total. The third kappa shape index (κ3) is 3.39. The van der Waals surface area contributed by atoms with Crippen molar-refractivity contribution in [1.29, 1.82) is 5.41 Å². The molecule has 1 aromatic carbocycles. The minimum absolute atomic E-state index is 0.0234. The van der Waals surface area contributed by atoms with Crippen LogP contribution in [0, 0.1) is 5.41 Å². The van der Waals surface area contributed by atoms with Gasteiger partial charge in [0.25, 0.3) is 0 Å². The predicted octanol–water partition coefficient (Wildman–Crippen LogP) is 3.73. The molecule has 4 heteroatoms. The number of hydrogen-bond acceptors (Lipinski definition) is 2. The van der Waals surface area contributed by atoms with Gasteiger partial charge in [0.1, 0.15) is 11.6 Å². The summed E-state index contributed by atoms with van der Waals surface area (Å²) in [6.07, 6.45) is 7.36. The number of amidine groups is 1. The van der Waals surface area contributed by atoms with Gasteiger partial charge in [-0.15, -0.1) is 0 Å². The Labute approximate surface area is 113 Å². The molecule has 1 aliphatic carbocycles. The van der Waals surface area contributed by atoms with Crippen molar-refractivity contribution in [2.45, 2.75) is 44.6 Å². The first-order valence-electron chi connectivity index (χ1n) is 6.47. The van der Waals surface area contributed by atoms with Crippen molar-refractivity contribution in [3.8, 4) is 5.75 Å². The highest BCUT2D eigenvalue weighted by molar-refractivity contribution is 6.30. The van der Waals surface area contributed by atoms with Crippen LogP contribution in [0.25, 0.3) is 0 Å². The molecule has 3 nitrogen and oxygen atoms in total. The van der Waals surface area contributed by atoms with Crippen LogP contribution in [-0.2, 0) is 0 Å². The monoisotopic (exact) mass is 266 g/mol. The lowest BCUT2D eigenvalue weighted by atomic mass is 10.1. The van der Waals surface area contributed by atoms with E-state index in [1.165, 1.54) is 25.7 Å². The molecule has 0 atom stereocenters. The first-order valence-corrected chi connectivity index (χ1v) is 6.85. The van der Waals surface area contributed by atoms with E-state index in [4.69, 9.17) is 27.5 Å². The van der Waals surface area contributed by atoms with Crippen LogP contribution >= 0.6 is 11.6 Å². The second-order valence-electron chi connectivity index (χ2n) is 4.79. The van der Waals surface area contributed by atoms with Crippen LogP contribution in [0.3, 0.4) is 0 Å². The predicted molar refractivity (Wildman–Crippen MR) is 74.6 cm³/mol. The maximum atomic E-state index is 7.56. The van der Waals surface area contributed by atoms with Gasteiger partial charge in [-0.2, -0.15) is 0 Å². The lowest BCUT2D eigenvalue weighted by Gasteiger charge is -2.19. The molecule has 1 aromatic rings. The van der Waals surface area contributed by atoms with E-state index in [1.807, 2.05) is 0 Å². The Kier molecular flexibility index (Phi) is 4.48. The number of halogens is 1. The maximum Gasteiger partial charge on any atom is 0.132 e. The maximum absolute atomic E-state index is 7.56. The molecule has 0 bridgehead atoms. The molecule has 18 heavy (non-hydrogen) atoms. The highest BCUT2D eigenvalue weighted by atomic mass is 35.5.